The van der Waals surface area contributed by atoms with Crippen molar-refractivity contribution in [1.82, 2.24) is 5.32 Å². The highest BCUT2D eigenvalue weighted by Crippen LogP contribution is 2.24. The maximum atomic E-state index is 12.7. The smallest absolute Gasteiger partial charge is 0.126 e. The molecule has 0 amide bonds. The largest absolute Gasteiger partial charge is 0.508 e. The second kappa shape index (κ2) is 5.32. The van der Waals surface area contributed by atoms with Gasteiger partial charge in [-0.1, -0.05) is 6.07 Å². The third-order valence-corrected chi connectivity index (χ3v) is 2.15. The molecule has 0 aromatic heterocycles. The van der Waals surface area contributed by atoms with Crippen molar-refractivity contribution in [2.75, 3.05) is 6.54 Å². The molecule has 0 bridgehead atoms. The van der Waals surface area contributed by atoms with Crippen molar-refractivity contribution in [1.29, 1.82) is 5.26 Å². The van der Waals surface area contributed by atoms with Crippen LogP contribution in [-0.2, 0) is 0 Å². The number of benzene rings is 1. The molecule has 80 valence electrons. The zero-order chi connectivity index (χ0) is 11.3. The van der Waals surface area contributed by atoms with E-state index in [0.29, 0.717) is 18.5 Å². The van der Waals surface area contributed by atoms with E-state index in [2.05, 4.69) is 5.32 Å². The molecule has 0 radical (unpaired) electrons. The van der Waals surface area contributed by atoms with E-state index in [0.717, 1.165) is 6.07 Å². The van der Waals surface area contributed by atoms with Crippen LogP contribution < -0.4 is 5.32 Å². The van der Waals surface area contributed by atoms with Crippen LogP contribution in [-0.4, -0.2) is 11.7 Å². The highest BCUT2D eigenvalue weighted by Gasteiger charge is 2.09. The molecule has 15 heavy (non-hydrogen) atoms. The zero-order valence-corrected chi connectivity index (χ0v) is 8.50. The summed E-state index contributed by atoms with van der Waals surface area (Å²) in [4.78, 5) is 0. The van der Waals surface area contributed by atoms with Crippen LogP contribution in [0.4, 0.5) is 4.39 Å². The summed E-state index contributed by atoms with van der Waals surface area (Å²) in [7, 11) is 0. The van der Waals surface area contributed by atoms with Crippen molar-refractivity contribution in [2.45, 2.75) is 19.4 Å². The fraction of sp³-hybridized carbons (Fsp3) is 0.364. The summed E-state index contributed by atoms with van der Waals surface area (Å²) >= 11 is 0. The Hall–Kier alpha value is -1.60. The molecule has 0 aliphatic carbocycles. The molecular formula is C11H13FN2O. The van der Waals surface area contributed by atoms with E-state index < -0.39 is 5.82 Å². The Labute approximate surface area is 88.2 Å². The number of nitrogens with zero attached hydrogens (tertiary/aromatic N) is 1. The molecule has 0 heterocycles. The van der Waals surface area contributed by atoms with Crippen molar-refractivity contribution in [3.63, 3.8) is 0 Å². The van der Waals surface area contributed by atoms with Crippen molar-refractivity contribution in [2.24, 2.45) is 0 Å². The van der Waals surface area contributed by atoms with Gasteiger partial charge in [0, 0.05) is 30.6 Å². The van der Waals surface area contributed by atoms with E-state index in [9.17, 15) is 9.50 Å². The van der Waals surface area contributed by atoms with E-state index in [1.165, 1.54) is 12.1 Å². The lowest BCUT2D eigenvalue weighted by Gasteiger charge is -2.14. The van der Waals surface area contributed by atoms with Gasteiger partial charge in [0.05, 0.1) is 6.07 Å². The minimum atomic E-state index is -0.458. The van der Waals surface area contributed by atoms with E-state index in [-0.39, 0.29) is 11.8 Å². The lowest BCUT2D eigenvalue weighted by atomic mass is 10.1. The van der Waals surface area contributed by atoms with Gasteiger partial charge in [-0.2, -0.15) is 5.26 Å². The number of hydrogen-bond donors (Lipinski definition) is 2. The van der Waals surface area contributed by atoms with Crippen molar-refractivity contribution >= 4 is 0 Å². The first-order valence-corrected chi connectivity index (χ1v) is 4.74. The maximum absolute atomic E-state index is 12.7. The number of hydrogen-bond acceptors (Lipinski definition) is 3. The summed E-state index contributed by atoms with van der Waals surface area (Å²) in [5.74, 6) is -0.521. The highest BCUT2D eigenvalue weighted by atomic mass is 19.1. The molecule has 0 fully saturated rings. The van der Waals surface area contributed by atoms with Crippen LogP contribution in [0.5, 0.6) is 5.75 Å². The quantitative estimate of drug-likeness (QED) is 0.745. The first-order chi connectivity index (χ1) is 7.15. The number of rotatable bonds is 4. The fourth-order valence-electron chi connectivity index (χ4n) is 1.34. The van der Waals surface area contributed by atoms with Crippen molar-refractivity contribution in [3.8, 4) is 11.8 Å². The van der Waals surface area contributed by atoms with Crippen LogP contribution in [0.25, 0.3) is 0 Å². The average molecular weight is 208 g/mol. The summed E-state index contributed by atoms with van der Waals surface area (Å²) in [6.45, 7) is 2.40. The van der Waals surface area contributed by atoms with E-state index in [1.54, 1.807) is 0 Å². The van der Waals surface area contributed by atoms with Crippen LogP contribution in [0.2, 0.25) is 0 Å². The average Bonchev–Trinajstić information content (AvgIpc) is 2.17. The highest BCUT2D eigenvalue weighted by molar-refractivity contribution is 5.34. The molecule has 1 aromatic carbocycles. The lowest BCUT2D eigenvalue weighted by Crippen LogP contribution is -2.19. The Morgan fingerprint density at radius 3 is 2.93 bits per heavy atom. The fourth-order valence-corrected chi connectivity index (χ4v) is 1.34. The van der Waals surface area contributed by atoms with Gasteiger partial charge in [-0.05, 0) is 13.0 Å². The molecule has 1 rings (SSSR count). The lowest BCUT2D eigenvalue weighted by molar-refractivity contribution is 0.448. The van der Waals surface area contributed by atoms with Gasteiger partial charge in [-0.3, -0.25) is 0 Å². The Morgan fingerprint density at radius 2 is 2.33 bits per heavy atom. The van der Waals surface area contributed by atoms with Crippen LogP contribution in [0.3, 0.4) is 0 Å². The number of phenols is 1. The summed E-state index contributed by atoms with van der Waals surface area (Å²) in [5.41, 5.74) is 0.634. The van der Waals surface area contributed by atoms with Crippen LogP contribution in [0.1, 0.15) is 24.9 Å². The van der Waals surface area contributed by atoms with E-state index in [1.807, 2.05) is 13.0 Å². The van der Waals surface area contributed by atoms with E-state index >= 15 is 0 Å². The van der Waals surface area contributed by atoms with Crippen molar-refractivity contribution in [3.05, 3.63) is 29.6 Å². The predicted octanol–water partition coefficient (Wildman–Crippen LogP) is 2.10. The van der Waals surface area contributed by atoms with Crippen LogP contribution >= 0.6 is 0 Å². The van der Waals surface area contributed by atoms with Crippen LogP contribution in [0, 0.1) is 17.1 Å². The molecule has 0 saturated heterocycles. The topological polar surface area (TPSA) is 56.0 Å². The number of phenolic OH excluding ortho intramolecular Hbond substituents is 1. The van der Waals surface area contributed by atoms with Gasteiger partial charge < -0.3 is 10.4 Å². The Bertz CT molecular complexity index is 373. The summed E-state index contributed by atoms with van der Waals surface area (Å²) < 4.78 is 12.7. The molecule has 4 heteroatoms. The minimum Gasteiger partial charge on any atom is -0.508 e. The molecule has 1 unspecified atom stereocenters. The second-order valence-electron chi connectivity index (χ2n) is 3.29. The maximum Gasteiger partial charge on any atom is 0.126 e. The molecule has 0 spiro atoms. The molecule has 1 aromatic rings. The van der Waals surface area contributed by atoms with Gasteiger partial charge in [0.15, 0.2) is 0 Å². The number of aromatic hydroxyl groups is 1. The van der Waals surface area contributed by atoms with Gasteiger partial charge >= 0.3 is 0 Å². The molecule has 0 saturated carbocycles. The van der Waals surface area contributed by atoms with Gasteiger partial charge in [0.2, 0.25) is 0 Å². The SMILES string of the molecule is CC(NCCC#N)c1ccc(F)cc1O. The standard InChI is InChI=1S/C11H13FN2O/c1-8(14-6-2-5-13)10-4-3-9(12)7-11(10)15/h3-4,7-8,14-15H,2,6H2,1H3. The first kappa shape index (κ1) is 11.5. The molecule has 3 nitrogen and oxygen atoms in total. The summed E-state index contributed by atoms with van der Waals surface area (Å²) in [6, 6.07) is 5.84. The Morgan fingerprint density at radius 1 is 1.60 bits per heavy atom. The van der Waals surface area contributed by atoms with Crippen molar-refractivity contribution < 1.29 is 9.50 Å². The van der Waals surface area contributed by atoms with Gasteiger partial charge in [0.1, 0.15) is 11.6 Å². The normalized spacial score (nSPS) is 12.1. The first-order valence-electron chi connectivity index (χ1n) is 4.74. The number of nitrogens with one attached hydrogen (secondary N) is 1. The van der Waals surface area contributed by atoms with Gasteiger partial charge in [0.25, 0.3) is 0 Å². The summed E-state index contributed by atoms with van der Waals surface area (Å²) in [5, 5.41) is 20.9. The number of halogens is 1. The monoisotopic (exact) mass is 208 g/mol. The van der Waals surface area contributed by atoms with Gasteiger partial charge in [-0.15, -0.1) is 0 Å². The predicted molar refractivity (Wildman–Crippen MR) is 54.7 cm³/mol. The Kier molecular flexibility index (Phi) is 4.07. The minimum absolute atomic E-state index is 0.0630. The van der Waals surface area contributed by atoms with E-state index in [4.69, 9.17) is 5.26 Å². The third kappa shape index (κ3) is 3.22. The molecular weight excluding hydrogens is 195 g/mol. The number of nitriles is 1. The zero-order valence-electron chi connectivity index (χ0n) is 8.50. The molecule has 0 aliphatic heterocycles. The summed E-state index contributed by atoms with van der Waals surface area (Å²) in [6.07, 6.45) is 0.409. The Balaban J connectivity index is 2.66. The third-order valence-electron chi connectivity index (χ3n) is 2.15. The molecule has 0 aliphatic rings. The second-order valence-corrected chi connectivity index (χ2v) is 3.29. The van der Waals surface area contributed by atoms with Crippen LogP contribution in [0.15, 0.2) is 18.2 Å². The molecule has 2 N–H and O–H groups in total. The van der Waals surface area contributed by atoms with Gasteiger partial charge in [-0.25, -0.2) is 4.39 Å². The molecule has 1 atom stereocenters.